The molecule has 0 aliphatic carbocycles. The summed E-state index contributed by atoms with van der Waals surface area (Å²) in [5.74, 6) is -2.93. The van der Waals surface area contributed by atoms with Crippen LogP contribution in [-0.4, -0.2) is 6.54 Å². The highest BCUT2D eigenvalue weighted by Crippen LogP contribution is 2.23. The van der Waals surface area contributed by atoms with E-state index in [2.05, 4.69) is 5.32 Å². The first-order valence-corrected chi connectivity index (χ1v) is 6.53. The van der Waals surface area contributed by atoms with Crippen molar-refractivity contribution < 1.29 is 13.2 Å². The Hall–Kier alpha value is -1.81. The molecule has 106 valence electrons. The molecule has 2 aromatic carbocycles. The van der Waals surface area contributed by atoms with E-state index in [0.29, 0.717) is 19.0 Å². The molecule has 0 aromatic heterocycles. The summed E-state index contributed by atoms with van der Waals surface area (Å²) in [5.41, 5.74) is 1.15. The first kappa shape index (κ1) is 14.6. The van der Waals surface area contributed by atoms with Gasteiger partial charge < -0.3 is 5.32 Å². The zero-order chi connectivity index (χ0) is 14.5. The van der Waals surface area contributed by atoms with Crippen LogP contribution >= 0.6 is 0 Å². The third kappa shape index (κ3) is 3.39. The highest BCUT2D eigenvalue weighted by molar-refractivity contribution is 5.26. The van der Waals surface area contributed by atoms with Crippen LogP contribution < -0.4 is 5.32 Å². The van der Waals surface area contributed by atoms with Crippen molar-refractivity contribution in [2.75, 3.05) is 6.54 Å². The Morgan fingerprint density at radius 2 is 1.60 bits per heavy atom. The molecule has 0 heterocycles. The Labute approximate surface area is 116 Å². The van der Waals surface area contributed by atoms with Crippen LogP contribution in [0.3, 0.4) is 0 Å². The zero-order valence-electron chi connectivity index (χ0n) is 11.2. The van der Waals surface area contributed by atoms with Gasteiger partial charge in [-0.05, 0) is 24.6 Å². The van der Waals surface area contributed by atoms with Gasteiger partial charge >= 0.3 is 0 Å². The fourth-order valence-corrected chi connectivity index (χ4v) is 2.19. The molecular formula is C16H16F3N. The minimum absolute atomic E-state index is 0.148. The summed E-state index contributed by atoms with van der Waals surface area (Å²) >= 11 is 0. The van der Waals surface area contributed by atoms with Crippen molar-refractivity contribution in [3.05, 3.63) is 71.0 Å². The molecule has 2 aromatic rings. The van der Waals surface area contributed by atoms with Crippen LogP contribution in [0.15, 0.2) is 42.5 Å². The fourth-order valence-electron chi connectivity index (χ4n) is 2.19. The minimum Gasteiger partial charge on any atom is -0.310 e. The van der Waals surface area contributed by atoms with E-state index in [0.717, 1.165) is 11.6 Å². The van der Waals surface area contributed by atoms with Crippen molar-refractivity contribution in [1.82, 2.24) is 5.32 Å². The lowest BCUT2D eigenvalue weighted by atomic mass is 9.98. The predicted molar refractivity (Wildman–Crippen MR) is 72.9 cm³/mol. The van der Waals surface area contributed by atoms with Crippen LogP contribution in [0.1, 0.15) is 24.1 Å². The van der Waals surface area contributed by atoms with E-state index in [4.69, 9.17) is 0 Å². The molecule has 1 unspecified atom stereocenters. The lowest BCUT2D eigenvalue weighted by Crippen LogP contribution is -2.24. The van der Waals surface area contributed by atoms with Gasteiger partial charge in [0.2, 0.25) is 0 Å². The molecule has 0 saturated heterocycles. The van der Waals surface area contributed by atoms with Crippen LogP contribution in [0, 0.1) is 17.5 Å². The average Bonchev–Trinajstić information content (AvgIpc) is 2.44. The molecule has 0 spiro atoms. The van der Waals surface area contributed by atoms with Crippen LogP contribution in [0.4, 0.5) is 13.2 Å². The normalized spacial score (nSPS) is 12.4. The van der Waals surface area contributed by atoms with Crippen molar-refractivity contribution in [1.29, 1.82) is 0 Å². The Kier molecular flexibility index (Phi) is 4.79. The largest absolute Gasteiger partial charge is 0.310 e. The van der Waals surface area contributed by atoms with Crippen molar-refractivity contribution in [3.63, 3.8) is 0 Å². The fraction of sp³-hybridized carbons (Fsp3) is 0.250. The van der Waals surface area contributed by atoms with Gasteiger partial charge in [0, 0.05) is 17.7 Å². The molecule has 1 atom stereocenters. The second-order valence-electron chi connectivity index (χ2n) is 4.59. The molecular weight excluding hydrogens is 263 g/mol. The summed E-state index contributed by atoms with van der Waals surface area (Å²) in [6.45, 7) is 2.49. The number of benzene rings is 2. The van der Waals surface area contributed by atoms with Gasteiger partial charge in [0.25, 0.3) is 0 Å². The summed E-state index contributed by atoms with van der Waals surface area (Å²) in [7, 11) is 0. The van der Waals surface area contributed by atoms with E-state index >= 15 is 0 Å². The van der Waals surface area contributed by atoms with E-state index in [9.17, 15) is 13.2 Å². The maximum atomic E-state index is 13.9. The van der Waals surface area contributed by atoms with Gasteiger partial charge in [-0.15, -0.1) is 0 Å². The predicted octanol–water partition coefficient (Wildman–Crippen LogP) is 4.00. The smallest absolute Gasteiger partial charge is 0.161 e. The third-order valence-electron chi connectivity index (χ3n) is 3.15. The van der Waals surface area contributed by atoms with Gasteiger partial charge in [0.15, 0.2) is 11.6 Å². The Balaban J connectivity index is 2.31. The summed E-state index contributed by atoms with van der Waals surface area (Å²) in [5, 5.41) is 3.11. The quantitative estimate of drug-likeness (QED) is 0.816. The van der Waals surface area contributed by atoms with Crippen LogP contribution in [-0.2, 0) is 6.42 Å². The maximum Gasteiger partial charge on any atom is 0.161 e. The lowest BCUT2D eigenvalue weighted by Gasteiger charge is -2.19. The van der Waals surface area contributed by atoms with E-state index in [1.807, 2.05) is 37.3 Å². The topological polar surface area (TPSA) is 12.0 Å². The van der Waals surface area contributed by atoms with E-state index in [1.54, 1.807) is 0 Å². The molecule has 0 radical (unpaired) electrons. The highest BCUT2D eigenvalue weighted by Gasteiger charge is 2.18. The number of halogens is 3. The molecule has 1 nitrogen and oxygen atoms in total. The summed E-state index contributed by atoms with van der Waals surface area (Å²) in [6, 6.07) is 10.6. The van der Waals surface area contributed by atoms with Crippen LogP contribution in [0.2, 0.25) is 0 Å². The first-order chi connectivity index (χ1) is 9.61. The monoisotopic (exact) mass is 279 g/mol. The molecule has 0 fully saturated rings. The summed E-state index contributed by atoms with van der Waals surface area (Å²) < 4.78 is 40.2. The van der Waals surface area contributed by atoms with Crippen molar-refractivity contribution >= 4 is 0 Å². The third-order valence-corrected chi connectivity index (χ3v) is 3.15. The second kappa shape index (κ2) is 6.57. The Bertz CT molecular complexity index is 569. The van der Waals surface area contributed by atoms with Crippen molar-refractivity contribution in [2.24, 2.45) is 0 Å². The number of hydrogen-bond acceptors (Lipinski definition) is 1. The van der Waals surface area contributed by atoms with Gasteiger partial charge in [0.1, 0.15) is 5.82 Å². The van der Waals surface area contributed by atoms with Crippen LogP contribution in [0.25, 0.3) is 0 Å². The summed E-state index contributed by atoms with van der Waals surface area (Å²) in [6.07, 6.45) is 0.511. The number of hydrogen-bond donors (Lipinski definition) is 1. The molecule has 1 N–H and O–H groups in total. The molecule has 0 amide bonds. The van der Waals surface area contributed by atoms with Gasteiger partial charge in [-0.2, -0.15) is 0 Å². The Morgan fingerprint density at radius 3 is 2.25 bits per heavy atom. The molecule has 0 saturated carbocycles. The van der Waals surface area contributed by atoms with Crippen molar-refractivity contribution in [2.45, 2.75) is 19.4 Å². The standard InChI is InChI=1S/C16H16F3N/c1-2-20-16(8-11-6-4-3-5-7-11)12-9-14(18)15(19)10-13(12)17/h3-7,9-10,16,20H,2,8H2,1H3. The number of rotatable bonds is 5. The van der Waals surface area contributed by atoms with E-state index < -0.39 is 23.5 Å². The average molecular weight is 279 g/mol. The molecule has 4 heteroatoms. The number of likely N-dealkylation sites (N-methyl/N-ethyl adjacent to an activating group) is 1. The van der Waals surface area contributed by atoms with Gasteiger partial charge in [-0.3, -0.25) is 0 Å². The van der Waals surface area contributed by atoms with Crippen LogP contribution in [0.5, 0.6) is 0 Å². The van der Waals surface area contributed by atoms with E-state index in [1.165, 1.54) is 0 Å². The first-order valence-electron chi connectivity index (χ1n) is 6.53. The molecule has 2 rings (SSSR count). The molecule has 0 bridgehead atoms. The van der Waals surface area contributed by atoms with Gasteiger partial charge in [-0.1, -0.05) is 37.3 Å². The molecule has 0 aliphatic heterocycles. The highest BCUT2D eigenvalue weighted by atomic mass is 19.2. The SMILES string of the molecule is CCNC(Cc1ccccc1)c1cc(F)c(F)cc1F. The molecule has 0 aliphatic rings. The second-order valence-corrected chi connectivity index (χ2v) is 4.59. The Morgan fingerprint density at radius 1 is 0.950 bits per heavy atom. The lowest BCUT2D eigenvalue weighted by molar-refractivity contribution is 0.467. The van der Waals surface area contributed by atoms with Crippen molar-refractivity contribution in [3.8, 4) is 0 Å². The maximum absolute atomic E-state index is 13.9. The summed E-state index contributed by atoms with van der Waals surface area (Å²) in [4.78, 5) is 0. The molecule has 20 heavy (non-hydrogen) atoms. The van der Waals surface area contributed by atoms with Gasteiger partial charge in [0.05, 0.1) is 0 Å². The van der Waals surface area contributed by atoms with Gasteiger partial charge in [-0.25, -0.2) is 13.2 Å². The number of nitrogens with one attached hydrogen (secondary N) is 1. The van der Waals surface area contributed by atoms with E-state index in [-0.39, 0.29) is 5.56 Å². The zero-order valence-corrected chi connectivity index (χ0v) is 11.2. The minimum atomic E-state index is -1.17.